The molecule has 0 saturated heterocycles. The number of nitrogens with one attached hydrogen (secondary N) is 1. The van der Waals surface area contributed by atoms with E-state index in [0.717, 1.165) is 0 Å². The summed E-state index contributed by atoms with van der Waals surface area (Å²) in [5.41, 5.74) is 0. The van der Waals surface area contributed by atoms with E-state index in [2.05, 4.69) is 31.2 Å². The summed E-state index contributed by atoms with van der Waals surface area (Å²) in [4.78, 5) is 7.83. The maximum Gasteiger partial charge on any atom is 0.287 e. The van der Waals surface area contributed by atoms with Crippen LogP contribution in [0.3, 0.4) is 0 Å². The van der Waals surface area contributed by atoms with E-state index in [1.54, 1.807) is 6.92 Å². The van der Waals surface area contributed by atoms with E-state index in [1.165, 1.54) is 6.07 Å². The average molecular weight is 282 g/mol. The van der Waals surface area contributed by atoms with E-state index in [0.29, 0.717) is 16.2 Å². The molecule has 1 rings (SSSR count). The number of rotatable bonds is 4. The Kier molecular flexibility index (Phi) is 3.92. The molecule has 0 aliphatic heterocycles. The number of alkyl halides is 2. The van der Waals surface area contributed by atoms with Crippen molar-refractivity contribution >= 4 is 21.7 Å². The second-order valence-corrected chi connectivity index (χ2v) is 3.80. The Morgan fingerprint density at radius 3 is 2.73 bits per heavy atom. The lowest BCUT2D eigenvalue weighted by molar-refractivity contribution is -0.0373. The predicted octanol–water partition coefficient (Wildman–Crippen LogP) is 1.59. The first-order valence-corrected chi connectivity index (χ1v) is 4.96. The van der Waals surface area contributed by atoms with Gasteiger partial charge in [0.2, 0.25) is 0 Å². The maximum absolute atomic E-state index is 12.7. The van der Waals surface area contributed by atoms with E-state index in [4.69, 9.17) is 5.11 Å². The number of aryl methyl sites for hydroxylation is 1. The summed E-state index contributed by atoms with van der Waals surface area (Å²) >= 11 is 3.12. The third-order valence-electron chi connectivity index (χ3n) is 1.57. The Hall–Kier alpha value is -0.820. The topological polar surface area (TPSA) is 58.0 Å². The third-order valence-corrected chi connectivity index (χ3v) is 1.97. The van der Waals surface area contributed by atoms with Crippen molar-refractivity contribution in [2.45, 2.75) is 12.8 Å². The van der Waals surface area contributed by atoms with Crippen LogP contribution in [0.1, 0.15) is 5.82 Å². The minimum atomic E-state index is -3.15. The summed E-state index contributed by atoms with van der Waals surface area (Å²) < 4.78 is 25.9. The van der Waals surface area contributed by atoms with Gasteiger partial charge in [0.25, 0.3) is 5.92 Å². The van der Waals surface area contributed by atoms with Crippen LogP contribution < -0.4 is 5.32 Å². The molecule has 4 nitrogen and oxygen atoms in total. The molecule has 0 amide bonds. The molecule has 0 aromatic carbocycles. The second-order valence-electron chi connectivity index (χ2n) is 2.99. The van der Waals surface area contributed by atoms with Gasteiger partial charge in [0.05, 0.1) is 6.54 Å². The Morgan fingerprint density at radius 1 is 1.53 bits per heavy atom. The summed E-state index contributed by atoms with van der Waals surface area (Å²) in [5, 5.41) is 10.8. The smallest absolute Gasteiger partial charge is 0.287 e. The molecule has 0 saturated carbocycles. The van der Waals surface area contributed by atoms with Crippen LogP contribution >= 0.6 is 15.9 Å². The third kappa shape index (κ3) is 4.05. The highest BCUT2D eigenvalue weighted by atomic mass is 79.9. The Balaban J connectivity index is 2.65. The Bertz CT molecular complexity index is 328. The molecule has 1 heterocycles. The molecule has 0 radical (unpaired) electrons. The summed E-state index contributed by atoms with van der Waals surface area (Å²) in [7, 11) is 0. The molecule has 1 aromatic rings. The SMILES string of the molecule is Cc1nc(Br)cc(NCC(F)(F)CO)n1. The second kappa shape index (κ2) is 4.80. The molecule has 0 spiro atoms. The largest absolute Gasteiger partial charge is 0.390 e. The van der Waals surface area contributed by atoms with Crippen molar-refractivity contribution in [2.75, 3.05) is 18.5 Å². The van der Waals surface area contributed by atoms with E-state index in [-0.39, 0.29) is 0 Å². The van der Waals surface area contributed by atoms with Crippen molar-refractivity contribution in [1.29, 1.82) is 0 Å². The molecule has 84 valence electrons. The van der Waals surface area contributed by atoms with Gasteiger partial charge in [0.1, 0.15) is 22.9 Å². The lowest BCUT2D eigenvalue weighted by Gasteiger charge is -2.14. The Morgan fingerprint density at radius 2 is 2.20 bits per heavy atom. The first-order valence-electron chi connectivity index (χ1n) is 4.17. The molecule has 0 aliphatic rings. The van der Waals surface area contributed by atoms with E-state index < -0.39 is 19.1 Å². The van der Waals surface area contributed by atoms with Crippen LogP contribution in [0.5, 0.6) is 0 Å². The van der Waals surface area contributed by atoms with Gasteiger partial charge in [-0.1, -0.05) is 0 Å². The van der Waals surface area contributed by atoms with Crippen molar-refractivity contribution in [1.82, 2.24) is 9.97 Å². The van der Waals surface area contributed by atoms with Crippen molar-refractivity contribution in [2.24, 2.45) is 0 Å². The van der Waals surface area contributed by atoms with Gasteiger partial charge in [-0.2, -0.15) is 0 Å². The lowest BCUT2D eigenvalue weighted by atomic mass is 10.3. The molecular formula is C8H10BrF2N3O. The zero-order valence-electron chi connectivity index (χ0n) is 7.97. The average Bonchev–Trinajstić information content (AvgIpc) is 2.14. The minimum absolute atomic E-state index is 0.294. The van der Waals surface area contributed by atoms with Gasteiger partial charge in [-0.05, 0) is 22.9 Å². The van der Waals surface area contributed by atoms with Gasteiger partial charge < -0.3 is 10.4 Å². The summed E-state index contributed by atoms with van der Waals surface area (Å²) in [5.74, 6) is -2.38. The summed E-state index contributed by atoms with van der Waals surface area (Å²) in [6.07, 6.45) is 0. The van der Waals surface area contributed by atoms with Crippen LogP contribution in [-0.2, 0) is 0 Å². The first kappa shape index (κ1) is 12.3. The van der Waals surface area contributed by atoms with Gasteiger partial charge in [0, 0.05) is 6.07 Å². The molecule has 0 unspecified atom stereocenters. The molecule has 1 aromatic heterocycles. The number of aliphatic hydroxyl groups excluding tert-OH is 1. The molecule has 0 fully saturated rings. The number of halogens is 3. The number of aromatic nitrogens is 2. The highest BCUT2D eigenvalue weighted by Crippen LogP contribution is 2.15. The van der Waals surface area contributed by atoms with Crippen LogP contribution in [0.4, 0.5) is 14.6 Å². The maximum atomic E-state index is 12.7. The summed E-state index contributed by atoms with van der Waals surface area (Å²) in [6.45, 7) is -0.197. The van der Waals surface area contributed by atoms with Crippen LogP contribution in [-0.4, -0.2) is 34.1 Å². The number of nitrogens with zero attached hydrogens (tertiary/aromatic N) is 2. The van der Waals surface area contributed by atoms with Gasteiger partial charge in [-0.15, -0.1) is 0 Å². The predicted molar refractivity (Wildman–Crippen MR) is 55.0 cm³/mol. The monoisotopic (exact) mass is 281 g/mol. The molecule has 2 N–H and O–H groups in total. The number of anilines is 1. The fourth-order valence-electron chi connectivity index (χ4n) is 0.898. The fourth-order valence-corrected chi connectivity index (χ4v) is 1.37. The van der Waals surface area contributed by atoms with Gasteiger partial charge in [-0.25, -0.2) is 18.7 Å². The van der Waals surface area contributed by atoms with Crippen molar-refractivity contribution in [3.8, 4) is 0 Å². The quantitative estimate of drug-likeness (QED) is 0.823. The lowest BCUT2D eigenvalue weighted by Crippen LogP contribution is -2.31. The first-order chi connectivity index (χ1) is 6.93. The van der Waals surface area contributed by atoms with Crippen LogP contribution in [0.15, 0.2) is 10.7 Å². The van der Waals surface area contributed by atoms with Crippen LogP contribution in [0.2, 0.25) is 0 Å². The van der Waals surface area contributed by atoms with E-state index in [9.17, 15) is 8.78 Å². The molecule has 7 heteroatoms. The molecule has 0 aliphatic carbocycles. The number of hydrogen-bond donors (Lipinski definition) is 2. The van der Waals surface area contributed by atoms with Crippen LogP contribution in [0.25, 0.3) is 0 Å². The van der Waals surface area contributed by atoms with Gasteiger partial charge in [0.15, 0.2) is 0 Å². The highest BCUT2D eigenvalue weighted by Gasteiger charge is 2.27. The molecular weight excluding hydrogens is 272 g/mol. The molecule has 15 heavy (non-hydrogen) atoms. The number of hydrogen-bond acceptors (Lipinski definition) is 4. The Labute approximate surface area is 93.9 Å². The van der Waals surface area contributed by atoms with Crippen molar-refractivity contribution < 1.29 is 13.9 Å². The standard InChI is InChI=1S/C8H10BrF2N3O/c1-5-13-6(9)2-7(14-5)12-3-8(10,11)4-15/h2,15H,3-4H2,1H3,(H,12,13,14). The number of aliphatic hydroxyl groups is 1. The van der Waals surface area contributed by atoms with Crippen LogP contribution in [0, 0.1) is 6.92 Å². The van der Waals surface area contributed by atoms with Gasteiger partial charge in [-0.3, -0.25) is 0 Å². The highest BCUT2D eigenvalue weighted by molar-refractivity contribution is 9.10. The van der Waals surface area contributed by atoms with E-state index >= 15 is 0 Å². The van der Waals surface area contributed by atoms with Crippen molar-refractivity contribution in [3.05, 3.63) is 16.5 Å². The molecule has 0 atom stereocenters. The van der Waals surface area contributed by atoms with Crippen molar-refractivity contribution in [3.63, 3.8) is 0 Å². The normalized spacial score (nSPS) is 11.5. The zero-order chi connectivity index (χ0) is 11.5. The minimum Gasteiger partial charge on any atom is -0.390 e. The molecule has 0 bridgehead atoms. The zero-order valence-corrected chi connectivity index (χ0v) is 9.55. The summed E-state index contributed by atoms with van der Waals surface area (Å²) in [6, 6.07) is 1.49. The van der Waals surface area contributed by atoms with E-state index in [1.807, 2.05) is 0 Å². The van der Waals surface area contributed by atoms with Gasteiger partial charge >= 0.3 is 0 Å². The fraction of sp³-hybridized carbons (Fsp3) is 0.500.